The predicted molar refractivity (Wildman–Crippen MR) is 142 cm³/mol. The van der Waals surface area contributed by atoms with Crippen molar-refractivity contribution in [3.8, 4) is 17.2 Å². The molecule has 3 aromatic rings. The molecular weight excluding hydrogens is 470 g/mol. The SMILES string of the molecule is COc1cccc(C(=O)N/N=C\c2ccc(OCc3ccc(C(=O)N4CCCCC4)cc3)c(OC)c2)c1. The summed E-state index contributed by atoms with van der Waals surface area (Å²) in [5, 5.41) is 4.04. The third-order valence-electron chi connectivity index (χ3n) is 6.14. The molecule has 4 rings (SSSR count). The summed E-state index contributed by atoms with van der Waals surface area (Å²) in [5.74, 6) is 1.46. The minimum atomic E-state index is -0.342. The first-order chi connectivity index (χ1) is 18.1. The molecule has 8 nitrogen and oxygen atoms in total. The monoisotopic (exact) mass is 501 g/mol. The Labute approximate surface area is 216 Å². The fourth-order valence-corrected chi connectivity index (χ4v) is 4.06. The molecule has 2 amide bonds. The molecule has 0 spiro atoms. The summed E-state index contributed by atoms with van der Waals surface area (Å²) in [4.78, 5) is 26.9. The maximum atomic E-state index is 12.7. The lowest BCUT2D eigenvalue weighted by atomic mass is 10.1. The van der Waals surface area contributed by atoms with Crippen LogP contribution in [-0.2, 0) is 6.61 Å². The molecule has 1 saturated heterocycles. The Morgan fingerprint density at radius 3 is 2.41 bits per heavy atom. The van der Waals surface area contributed by atoms with Gasteiger partial charge in [-0.25, -0.2) is 5.43 Å². The van der Waals surface area contributed by atoms with Crippen molar-refractivity contribution in [2.75, 3.05) is 27.3 Å². The second kappa shape index (κ2) is 12.6. The smallest absolute Gasteiger partial charge is 0.271 e. The van der Waals surface area contributed by atoms with E-state index in [0.29, 0.717) is 35.0 Å². The molecule has 1 heterocycles. The van der Waals surface area contributed by atoms with Gasteiger partial charge >= 0.3 is 0 Å². The van der Waals surface area contributed by atoms with Crippen LogP contribution in [0, 0.1) is 0 Å². The third-order valence-corrected chi connectivity index (χ3v) is 6.14. The van der Waals surface area contributed by atoms with Gasteiger partial charge in [0, 0.05) is 24.2 Å². The molecule has 1 aliphatic rings. The zero-order valence-corrected chi connectivity index (χ0v) is 21.1. The maximum Gasteiger partial charge on any atom is 0.271 e. The number of methoxy groups -OCH3 is 2. The summed E-state index contributed by atoms with van der Waals surface area (Å²) in [5.41, 5.74) is 5.33. The highest BCUT2D eigenvalue weighted by Gasteiger charge is 2.18. The first kappa shape index (κ1) is 25.8. The van der Waals surface area contributed by atoms with E-state index in [9.17, 15) is 9.59 Å². The number of hydrogen-bond acceptors (Lipinski definition) is 6. The number of piperidine rings is 1. The highest BCUT2D eigenvalue weighted by atomic mass is 16.5. The number of rotatable bonds is 9. The van der Waals surface area contributed by atoms with Crippen LogP contribution in [0.2, 0.25) is 0 Å². The minimum absolute atomic E-state index is 0.0887. The lowest BCUT2D eigenvalue weighted by Gasteiger charge is -2.26. The van der Waals surface area contributed by atoms with Crippen LogP contribution in [0.25, 0.3) is 0 Å². The molecule has 0 unspecified atom stereocenters. The normalized spacial score (nSPS) is 13.3. The van der Waals surface area contributed by atoms with Crippen LogP contribution >= 0.6 is 0 Å². The number of nitrogens with one attached hydrogen (secondary N) is 1. The molecule has 0 aromatic heterocycles. The zero-order valence-electron chi connectivity index (χ0n) is 21.1. The molecule has 0 atom stereocenters. The lowest BCUT2D eigenvalue weighted by Crippen LogP contribution is -2.35. The number of nitrogens with zero attached hydrogens (tertiary/aromatic N) is 2. The Bertz CT molecular complexity index is 1250. The van der Waals surface area contributed by atoms with E-state index in [0.717, 1.165) is 37.1 Å². The average Bonchev–Trinajstić information content (AvgIpc) is 2.96. The fourth-order valence-electron chi connectivity index (χ4n) is 4.06. The quantitative estimate of drug-likeness (QED) is 0.340. The summed E-state index contributed by atoms with van der Waals surface area (Å²) in [6.07, 6.45) is 4.87. The fraction of sp³-hybridized carbons (Fsp3) is 0.276. The highest BCUT2D eigenvalue weighted by Crippen LogP contribution is 2.28. The lowest BCUT2D eigenvalue weighted by molar-refractivity contribution is 0.0724. The van der Waals surface area contributed by atoms with Crippen molar-refractivity contribution in [1.29, 1.82) is 0 Å². The zero-order chi connectivity index (χ0) is 26.0. The molecular formula is C29H31N3O5. The van der Waals surface area contributed by atoms with Crippen LogP contribution in [0.3, 0.4) is 0 Å². The number of amides is 2. The van der Waals surface area contributed by atoms with Gasteiger partial charge in [-0.1, -0.05) is 18.2 Å². The number of hydrogen-bond donors (Lipinski definition) is 1. The number of ether oxygens (including phenoxy) is 3. The second-order valence-corrected chi connectivity index (χ2v) is 8.68. The average molecular weight is 502 g/mol. The molecule has 0 radical (unpaired) electrons. The van der Waals surface area contributed by atoms with Gasteiger partial charge in [0.25, 0.3) is 11.8 Å². The first-order valence-corrected chi connectivity index (χ1v) is 12.2. The molecule has 1 fully saturated rings. The van der Waals surface area contributed by atoms with Crippen LogP contribution in [0.15, 0.2) is 71.8 Å². The van der Waals surface area contributed by atoms with Crippen molar-refractivity contribution in [3.05, 3.63) is 89.0 Å². The minimum Gasteiger partial charge on any atom is -0.497 e. The Hall–Kier alpha value is -4.33. The molecule has 0 aliphatic carbocycles. The number of likely N-dealkylation sites (tertiary alicyclic amines) is 1. The standard InChI is InChI=1S/C29H31N3O5/c1-35-25-8-6-7-24(18-25)28(33)31-30-19-22-11-14-26(27(17-22)36-2)37-20-21-9-12-23(13-10-21)29(34)32-15-4-3-5-16-32/h6-14,17-19H,3-5,15-16,20H2,1-2H3,(H,31,33)/b30-19-. The Morgan fingerprint density at radius 1 is 0.892 bits per heavy atom. The summed E-state index contributed by atoms with van der Waals surface area (Å²) in [6.45, 7) is 2.00. The number of benzene rings is 3. The van der Waals surface area contributed by atoms with Crippen LogP contribution in [0.1, 0.15) is 51.1 Å². The van der Waals surface area contributed by atoms with Crippen LogP contribution < -0.4 is 19.6 Å². The Morgan fingerprint density at radius 2 is 1.68 bits per heavy atom. The predicted octanol–water partition coefficient (Wildman–Crippen LogP) is 4.67. The van der Waals surface area contributed by atoms with E-state index in [-0.39, 0.29) is 11.8 Å². The Kier molecular flexibility index (Phi) is 8.75. The van der Waals surface area contributed by atoms with Crippen molar-refractivity contribution in [2.45, 2.75) is 25.9 Å². The second-order valence-electron chi connectivity index (χ2n) is 8.68. The molecule has 0 bridgehead atoms. The van der Waals surface area contributed by atoms with Gasteiger partial charge < -0.3 is 19.1 Å². The van der Waals surface area contributed by atoms with Gasteiger partial charge in [0.2, 0.25) is 0 Å². The van der Waals surface area contributed by atoms with Gasteiger partial charge in [0.05, 0.1) is 20.4 Å². The highest BCUT2D eigenvalue weighted by molar-refractivity contribution is 5.95. The molecule has 0 saturated carbocycles. The topological polar surface area (TPSA) is 89.5 Å². The summed E-state index contributed by atoms with van der Waals surface area (Å²) < 4.78 is 16.6. The van der Waals surface area contributed by atoms with E-state index < -0.39 is 0 Å². The van der Waals surface area contributed by atoms with Gasteiger partial charge in [-0.3, -0.25) is 9.59 Å². The molecule has 37 heavy (non-hydrogen) atoms. The van der Waals surface area contributed by atoms with Crippen molar-refractivity contribution in [3.63, 3.8) is 0 Å². The van der Waals surface area contributed by atoms with Crippen LogP contribution in [0.4, 0.5) is 0 Å². The van der Waals surface area contributed by atoms with E-state index in [1.165, 1.54) is 12.6 Å². The van der Waals surface area contributed by atoms with Crippen molar-refractivity contribution >= 4 is 18.0 Å². The van der Waals surface area contributed by atoms with E-state index in [1.807, 2.05) is 35.2 Å². The molecule has 1 aliphatic heterocycles. The van der Waals surface area contributed by atoms with Crippen molar-refractivity contribution in [1.82, 2.24) is 10.3 Å². The molecule has 3 aromatic carbocycles. The number of carbonyl (C=O) groups is 2. The van der Waals surface area contributed by atoms with Gasteiger partial charge in [-0.15, -0.1) is 0 Å². The number of carbonyl (C=O) groups excluding carboxylic acids is 2. The Balaban J connectivity index is 1.33. The van der Waals surface area contributed by atoms with Gasteiger partial charge in [-0.2, -0.15) is 5.10 Å². The van der Waals surface area contributed by atoms with Gasteiger partial charge in [0.15, 0.2) is 11.5 Å². The molecule has 8 heteroatoms. The summed E-state index contributed by atoms with van der Waals surface area (Å²) >= 11 is 0. The third kappa shape index (κ3) is 6.88. The van der Waals surface area contributed by atoms with Crippen LogP contribution in [0.5, 0.6) is 17.2 Å². The van der Waals surface area contributed by atoms with Gasteiger partial charge in [-0.05, 0) is 78.9 Å². The first-order valence-electron chi connectivity index (χ1n) is 12.2. The largest absolute Gasteiger partial charge is 0.497 e. The molecule has 1 N–H and O–H groups in total. The van der Waals surface area contributed by atoms with E-state index in [2.05, 4.69) is 10.5 Å². The number of hydrazone groups is 1. The van der Waals surface area contributed by atoms with E-state index >= 15 is 0 Å². The summed E-state index contributed by atoms with van der Waals surface area (Å²) in [7, 11) is 3.11. The van der Waals surface area contributed by atoms with E-state index in [4.69, 9.17) is 14.2 Å². The van der Waals surface area contributed by atoms with Crippen molar-refractivity contribution in [2.24, 2.45) is 5.10 Å². The van der Waals surface area contributed by atoms with E-state index in [1.54, 1.807) is 50.6 Å². The van der Waals surface area contributed by atoms with Crippen LogP contribution in [-0.4, -0.2) is 50.2 Å². The van der Waals surface area contributed by atoms with Crippen molar-refractivity contribution < 1.29 is 23.8 Å². The van der Waals surface area contributed by atoms with Gasteiger partial charge in [0.1, 0.15) is 12.4 Å². The summed E-state index contributed by atoms with van der Waals surface area (Å²) in [6, 6.07) is 19.7. The molecule has 192 valence electrons. The maximum absolute atomic E-state index is 12.7.